The molecule has 0 aliphatic heterocycles. The molecule has 0 aliphatic rings. The van der Waals surface area contributed by atoms with Gasteiger partial charge in [-0.15, -0.1) is 0 Å². The molecule has 0 unspecified atom stereocenters. The van der Waals surface area contributed by atoms with Crippen LogP contribution in [0.2, 0.25) is 0 Å². The summed E-state index contributed by atoms with van der Waals surface area (Å²) in [7, 11) is -3.70. The Labute approximate surface area is 143 Å². The highest BCUT2D eigenvalue weighted by Crippen LogP contribution is 2.20. The molecule has 0 radical (unpaired) electrons. The highest BCUT2D eigenvalue weighted by atomic mass is 32.2. The van der Waals surface area contributed by atoms with Gasteiger partial charge in [0.25, 0.3) is 0 Å². The maximum absolute atomic E-state index is 12.2. The molecule has 0 spiro atoms. The largest absolute Gasteiger partial charge is 0.324 e. The number of rotatable bonds is 6. The topological polar surface area (TPSA) is 75.3 Å². The van der Waals surface area contributed by atoms with Gasteiger partial charge >= 0.3 is 0 Å². The molecule has 0 heterocycles. The van der Waals surface area contributed by atoms with Gasteiger partial charge in [-0.1, -0.05) is 42.8 Å². The molecular formula is C18H22N2O3S. The van der Waals surface area contributed by atoms with Crippen LogP contribution in [0.4, 0.5) is 5.69 Å². The van der Waals surface area contributed by atoms with Crippen LogP contribution in [0.5, 0.6) is 0 Å². The van der Waals surface area contributed by atoms with Gasteiger partial charge in [0.05, 0.1) is 11.4 Å². The first-order chi connectivity index (χ1) is 11.3. The normalized spacial score (nSPS) is 11.3. The number of carbonyl (C=O) groups excluding carboxylic acids is 1. The molecule has 2 N–H and O–H groups in total. The van der Waals surface area contributed by atoms with Crippen molar-refractivity contribution in [1.29, 1.82) is 0 Å². The molecule has 2 rings (SSSR count). The van der Waals surface area contributed by atoms with E-state index in [1.807, 2.05) is 39.0 Å². The molecular weight excluding hydrogens is 324 g/mol. The van der Waals surface area contributed by atoms with Crippen LogP contribution in [-0.4, -0.2) is 20.9 Å². The average Bonchev–Trinajstić information content (AvgIpc) is 2.55. The van der Waals surface area contributed by atoms with E-state index in [-0.39, 0.29) is 11.4 Å². The van der Waals surface area contributed by atoms with E-state index in [1.165, 1.54) is 12.1 Å². The number of benzene rings is 2. The summed E-state index contributed by atoms with van der Waals surface area (Å²) in [6.45, 7) is 5.48. The van der Waals surface area contributed by atoms with Crippen molar-refractivity contribution in [2.75, 3.05) is 11.9 Å². The van der Waals surface area contributed by atoms with Gasteiger partial charge in [-0.3, -0.25) is 4.79 Å². The SMILES string of the molecule is CCc1cccc(C)c1NC(=O)CNS(=O)(=O)c1ccc(C)cc1. The first-order valence-corrected chi connectivity index (χ1v) is 9.26. The molecule has 6 heteroatoms. The second-order valence-electron chi connectivity index (χ2n) is 5.65. The lowest BCUT2D eigenvalue weighted by Crippen LogP contribution is -2.33. The lowest BCUT2D eigenvalue weighted by Gasteiger charge is -2.13. The minimum absolute atomic E-state index is 0.144. The lowest BCUT2D eigenvalue weighted by atomic mass is 10.1. The van der Waals surface area contributed by atoms with Gasteiger partial charge in [-0.2, -0.15) is 0 Å². The van der Waals surface area contributed by atoms with E-state index in [1.54, 1.807) is 12.1 Å². The molecule has 0 aromatic heterocycles. The van der Waals surface area contributed by atoms with Crippen LogP contribution in [0.3, 0.4) is 0 Å². The van der Waals surface area contributed by atoms with Crippen LogP contribution < -0.4 is 10.0 Å². The van der Waals surface area contributed by atoms with Crippen LogP contribution in [0.15, 0.2) is 47.4 Å². The number of carbonyl (C=O) groups is 1. The molecule has 0 atom stereocenters. The van der Waals surface area contributed by atoms with Gasteiger partial charge in [0.2, 0.25) is 15.9 Å². The van der Waals surface area contributed by atoms with E-state index < -0.39 is 15.9 Å². The summed E-state index contributed by atoms with van der Waals surface area (Å²) in [4.78, 5) is 12.3. The minimum atomic E-state index is -3.70. The zero-order valence-electron chi connectivity index (χ0n) is 14.1. The third-order valence-corrected chi connectivity index (χ3v) is 5.18. The fourth-order valence-electron chi connectivity index (χ4n) is 2.35. The standard InChI is InChI=1S/C18H22N2O3S/c1-4-15-7-5-6-14(3)18(15)20-17(21)12-19-24(22,23)16-10-8-13(2)9-11-16/h5-11,19H,4,12H2,1-3H3,(H,20,21). The number of amides is 1. The van der Waals surface area contributed by atoms with Crippen LogP contribution in [-0.2, 0) is 21.2 Å². The Bertz CT molecular complexity index is 828. The third kappa shape index (κ3) is 4.43. The van der Waals surface area contributed by atoms with Crippen molar-refractivity contribution in [2.24, 2.45) is 0 Å². The summed E-state index contributed by atoms with van der Waals surface area (Å²) in [6.07, 6.45) is 0.784. The molecule has 2 aromatic rings. The van der Waals surface area contributed by atoms with Gasteiger partial charge in [-0.25, -0.2) is 13.1 Å². The zero-order chi connectivity index (χ0) is 17.7. The summed E-state index contributed by atoms with van der Waals surface area (Å²) in [5.41, 5.74) is 3.69. The molecule has 0 aliphatic carbocycles. The molecule has 5 nitrogen and oxygen atoms in total. The Balaban J connectivity index is 2.05. The Morgan fingerprint density at radius 3 is 2.33 bits per heavy atom. The van der Waals surface area contributed by atoms with Crippen molar-refractivity contribution < 1.29 is 13.2 Å². The number of hydrogen-bond acceptors (Lipinski definition) is 3. The van der Waals surface area contributed by atoms with Gasteiger partial charge in [0.1, 0.15) is 0 Å². The monoisotopic (exact) mass is 346 g/mol. The maximum Gasteiger partial charge on any atom is 0.241 e. The molecule has 0 saturated heterocycles. The van der Waals surface area contributed by atoms with E-state index in [4.69, 9.17) is 0 Å². The molecule has 0 fully saturated rings. The first kappa shape index (κ1) is 18.2. The highest BCUT2D eigenvalue weighted by molar-refractivity contribution is 7.89. The second-order valence-corrected chi connectivity index (χ2v) is 7.42. The second kappa shape index (κ2) is 7.59. The Morgan fingerprint density at radius 1 is 1.04 bits per heavy atom. The van der Waals surface area contributed by atoms with E-state index in [9.17, 15) is 13.2 Å². The van der Waals surface area contributed by atoms with Gasteiger partial charge in [-0.05, 0) is 43.5 Å². The first-order valence-electron chi connectivity index (χ1n) is 7.78. The molecule has 0 saturated carbocycles. The number of para-hydroxylation sites is 1. The number of aryl methyl sites for hydroxylation is 3. The van der Waals surface area contributed by atoms with Crippen molar-refractivity contribution in [1.82, 2.24) is 4.72 Å². The minimum Gasteiger partial charge on any atom is -0.324 e. The van der Waals surface area contributed by atoms with E-state index in [0.29, 0.717) is 0 Å². The zero-order valence-corrected chi connectivity index (χ0v) is 14.9. The van der Waals surface area contributed by atoms with Crippen LogP contribution in [0.25, 0.3) is 0 Å². The van der Waals surface area contributed by atoms with Crippen molar-refractivity contribution in [3.63, 3.8) is 0 Å². The van der Waals surface area contributed by atoms with Crippen LogP contribution >= 0.6 is 0 Å². The van der Waals surface area contributed by atoms with Crippen molar-refractivity contribution in [2.45, 2.75) is 32.1 Å². The molecule has 2 aromatic carbocycles. The van der Waals surface area contributed by atoms with Gasteiger partial charge < -0.3 is 5.32 Å². The number of sulfonamides is 1. The Hall–Kier alpha value is -2.18. The smallest absolute Gasteiger partial charge is 0.241 e. The van der Waals surface area contributed by atoms with Crippen LogP contribution in [0.1, 0.15) is 23.6 Å². The average molecular weight is 346 g/mol. The van der Waals surface area contributed by atoms with E-state index in [2.05, 4.69) is 10.0 Å². The summed E-state index contributed by atoms with van der Waals surface area (Å²) < 4.78 is 26.7. The summed E-state index contributed by atoms with van der Waals surface area (Å²) in [5.74, 6) is -0.394. The van der Waals surface area contributed by atoms with E-state index in [0.717, 1.165) is 28.8 Å². The van der Waals surface area contributed by atoms with Crippen molar-refractivity contribution in [3.8, 4) is 0 Å². The Kier molecular flexibility index (Phi) is 5.75. The molecule has 24 heavy (non-hydrogen) atoms. The predicted octanol–water partition coefficient (Wildman–Crippen LogP) is 2.78. The molecule has 0 bridgehead atoms. The summed E-state index contributed by atoms with van der Waals surface area (Å²) in [5, 5.41) is 2.80. The lowest BCUT2D eigenvalue weighted by molar-refractivity contribution is -0.115. The highest BCUT2D eigenvalue weighted by Gasteiger charge is 2.16. The molecule has 1 amide bonds. The van der Waals surface area contributed by atoms with E-state index >= 15 is 0 Å². The number of nitrogens with one attached hydrogen (secondary N) is 2. The predicted molar refractivity (Wildman–Crippen MR) is 95.6 cm³/mol. The van der Waals surface area contributed by atoms with Crippen molar-refractivity contribution in [3.05, 3.63) is 59.2 Å². The number of anilines is 1. The summed E-state index contributed by atoms with van der Waals surface area (Å²) in [6, 6.07) is 12.3. The Morgan fingerprint density at radius 2 is 1.71 bits per heavy atom. The fourth-order valence-corrected chi connectivity index (χ4v) is 3.33. The summed E-state index contributed by atoms with van der Waals surface area (Å²) >= 11 is 0. The third-order valence-electron chi connectivity index (χ3n) is 3.76. The quantitative estimate of drug-likeness (QED) is 0.844. The van der Waals surface area contributed by atoms with Crippen molar-refractivity contribution >= 4 is 21.6 Å². The van der Waals surface area contributed by atoms with Gasteiger partial charge in [0.15, 0.2) is 0 Å². The molecule has 128 valence electrons. The maximum atomic E-state index is 12.2. The van der Waals surface area contributed by atoms with Crippen LogP contribution in [0, 0.1) is 13.8 Å². The number of hydrogen-bond donors (Lipinski definition) is 2. The van der Waals surface area contributed by atoms with Gasteiger partial charge in [0, 0.05) is 5.69 Å². The fraction of sp³-hybridized carbons (Fsp3) is 0.278.